The van der Waals surface area contributed by atoms with Crippen LogP contribution in [0.3, 0.4) is 0 Å². The molecule has 2 N–H and O–H groups in total. The van der Waals surface area contributed by atoms with Gasteiger partial charge in [-0.05, 0) is 61.5 Å². The summed E-state index contributed by atoms with van der Waals surface area (Å²) in [4.78, 5) is 29.6. The third-order valence-electron chi connectivity index (χ3n) is 6.11. The summed E-state index contributed by atoms with van der Waals surface area (Å²) < 4.78 is 10.8. The fourth-order valence-electron chi connectivity index (χ4n) is 4.55. The molecule has 1 fully saturated rings. The molecule has 2 aliphatic heterocycles. The normalized spacial score (nSPS) is 21.3. The molecule has 9 nitrogen and oxygen atoms in total. The molecule has 2 unspecified atom stereocenters. The summed E-state index contributed by atoms with van der Waals surface area (Å²) >= 11 is 0. The molecule has 0 spiro atoms. The summed E-state index contributed by atoms with van der Waals surface area (Å²) in [5, 5.41) is 15.5. The highest BCUT2D eigenvalue weighted by atomic mass is 16.6. The van der Waals surface area contributed by atoms with Crippen LogP contribution in [0.25, 0.3) is 0 Å². The first-order chi connectivity index (χ1) is 15.6. The largest absolute Gasteiger partial charge is 0.466 e. The number of fused-ring (bicyclic) bond motifs is 2. The van der Waals surface area contributed by atoms with Crippen molar-refractivity contribution in [2.45, 2.75) is 25.4 Å². The quantitative estimate of drug-likeness (QED) is 0.669. The standard InChI is InChI=1S/C23H23N5O4/c24-9-16-3-1-2-15-6-14(7-19(15)16)10-25-5-4-18-12-28(23(30)32-18)17-8-20-22(26-11-17)31-13-21(29)27-20/h1-3,8,11,14,18,25H,4-7,10,12-13H2,(H,27,29). The SMILES string of the molecule is N#Cc1cccc2c1CC(CNCCC1CN(c3cnc4c(c3)NC(=O)CO4)C(=O)O1)C2. The van der Waals surface area contributed by atoms with Crippen LogP contribution in [0.4, 0.5) is 16.2 Å². The highest BCUT2D eigenvalue weighted by molar-refractivity contribution is 5.96. The summed E-state index contributed by atoms with van der Waals surface area (Å²) in [5.41, 5.74) is 4.26. The maximum absolute atomic E-state index is 12.4. The van der Waals surface area contributed by atoms with E-state index in [-0.39, 0.29) is 18.6 Å². The number of amides is 2. The zero-order chi connectivity index (χ0) is 22.1. The fraction of sp³-hybridized carbons (Fsp3) is 0.391. The molecular formula is C23H23N5O4. The molecule has 1 aliphatic carbocycles. The number of hydrogen-bond donors (Lipinski definition) is 2. The Morgan fingerprint density at radius 3 is 3.09 bits per heavy atom. The third-order valence-corrected chi connectivity index (χ3v) is 6.11. The van der Waals surface area contributed by atoms with Crippen molar-refractivity contribution >= 4 is 23.4 Å². The van der Waals surface area contributed by atoms with E-state index in [0.717, 1.165) is 31.5 Å². The molecular weight excluding hydrogens is 410 g/mol. The predicted octanol–water partition coefficient (Wildman–Crippen LogP) is 2.00. The van der Waals surface area contributed by atoms with Gasteiger partial charge in [0.05, 0.1) is 30.1 Å². The molecule has 1 saturated heterocycles. The molecule has 0 radical (unpaired) electrons. The molecule has 9 heteroatoms. The molecule has 5 rings (SSSR count). The number of carbonyl (C=O) groups excluding carboxylic acids is 2. The lowest BCUT2D eigenvalue weighted by Gasteiger charge is -2.19. The Balaban J connectivity index is 1.10. The van der Waals surface area contributed by atoms with Crippen molar-refractivity contribution in [1.29, 1.82) is 5.26 Å². The van der Waals surface area contributed by atoms with Gasteiger partial charge in [-0.3, -0.25) is 9.69 Å². The average molecular weight is 433 g/mol. The van der Waals surface area contributed by atoms with Crippen molar-refractivity contribution in [2.24, 2.45) is 5.92 Å². The van der Waals surface area contributed by atoms with Crippen LogP contribution >= 0.6 is 0 Å². The van der Waals surface area contributed by atoms with Gasteiger partial charge in [0.15, 0.2) is 6.61 Å². The minimum Gasteiger partial charge on any atom is -0.466 e. The van der Waals surface area contributed by atoms with Crippen LogP contribution in [-0.2, 0) is 22.4 Å². The number of carbonyl (C=O) groups is 2. The molecule has 2 aromatic rings. The molecule has 0 saturated carbocycles. The van der Waals surface area contributed by atoms with E-state index in [1.807, 2.05) is 12.1 Å². The predicted molar refractivity (Wildman–Crippen MR) is 116 cm³/mol. The first-order valence-electron chi connectivity index (χ1n) is 10.7. The second kappa shape index (κ2) is 8.48. The lowest BCUT2D eigenvalue weighted by Crippen LogP contribution is -2.29. The lowest BCUT2D eigenvalue weighted by atomic mass is 10.0. The highest BCUT2D eigenvalue weighted by Crippen LogP contribution is 2.32. The van der Waals surface area contributed by atoms with Crippen molar-refractivity contribution in [1.82, 2.24) is 10.3 Å². The number of hydrogen-bond acceptors (Lipinski definition) is 7. The molecule has 164 valence electrons. The van der Waals surface area contributed by atoms with Gasteiger partial charge in [0.25, 0.3) is 5.91 Å². The van der Waals surface area contributed by atoms with Gasteiger partial charge in [-0.25, -0.2) is 9.78 Å². The van der Waals surface area contributed by atoms with E-state index >= 15 is 0 Å². The Morgan fingerprint density at radius 1 is 1.31 bits per heavy atom. The topological polar surface area (TPSA) is 117 Å². The Bertz CT molecular complexity index is 1110. The Kier molecular flexibility index (Phi) is 5.37. The lowest BCUT2D eigenvalue weighted by molar-refractivity contribution is -0.118. The van der Waals surface area contributed by atoms with Crippen molar-refractivity contribution in [3.05, 3.63) is 47.2 Å². The Hall–Kier alpha value is -3.64. The molecule has 32 heavy (non-hydrogen) atoms. The second-order valence-electron chi connectivity index (χ2n) is 8.32. The maximum Gasteiger partial charge on any atom is 0.414 e. The van der Waals surface area contributed by atoms with Crippen molar-refractivity contribution < 1.29 is 19.1 Å². The number of pyridine rings is 1. The summed E-state index contributed by atoms with van der Waals surface area (Å²) in [6, 6.07) is 9.90. The number of benzene rings is 1. The van der Waals surface area contributed by atoms with E-state index in [4.69, 9.17) is 9.47 Å². The van der Waals surface area contributed by atoms with Crippen LogP contribution in [0.2, 0.25) is 0 Å². The minimum atomic E-state index is -0.421. The van der Waals surface area contributed by atoms with E-state index in [2.05, 4.69) is 27.8 Å². The van der Waals surface area contributed by atoms with Crippen molar-refractivity contribution in [2.75, 3.05) is 36.5 Å². The summed E-state index contributed by atoms with van der Waals surface area (Å²) in [6.45, 7) is 1.96. The van der Waals surface area contributed by atoms with Crippen molar-refractivity contribution in [3.63, 3.8) is 0 Å². The zero-order valence-corrected chi connectivity index (χ0v) is 17.5. The van der Waals surface area contributed by atoms with Gasteiger partial charge in [-0.1, -0.05) is 12.1 Å². The van der Waals surface area contributed by atoms with Crippen LogP contribution in [-0.4, -0.2) is 49.3 Å². The summed E-state index contributed by atoms with van der Waals surface area (Å²) in [5.74, 6) is 0.567. The van der Waals surface area contributed by atoms with Gasteiger partial charge in [-0.15, -0.1) is 0 Å². The van der Waals surface area contributed by atoms with E-state index in [9.17, 15) is 14.9 Å². The van der Waals surface area contributed by atoms with Gasteiger partial charge < -0.3 is 20.1 Å². The second-order valence-corrected chi connectivity index (χ2v) is 8.32. The number of nitriles is 1. The number of anilines is 2. The third kappa shape index (κ3) is 3.97. The smallest absolute Gasteiger partial charge is 0.414 e. The monoisotopic (exact) mass is 433 g/mol. The molecule has 1 aromatic heterocycles. The van der Waals surface area contributed by atoms with Crippen LogP contribution < -0.4 is 20.3 Å². The molecule has 3 heterocycles. The summed E-state index contributed by atoms with van der Waals surface area (Å²) in [6.07, 6.45) is 3.51. The first kappa shape index (κ1) is 20.3. The van der Waals surface area contributed by atoms with E-state index < -0.39 is 6.09 Å². The van der Waals surface area contributed by atoms with Crippen LogP contribution in [0.15, 0.2) is 30.5 Å². The zero-order valence-electron chi connectivity index (χ0n) is 17.5. The Morgan fingerprint density at radius 2 is 2.22 bits per heavy atom. The number of ether oxygens (including phenoxy) is 2. The van der Waals surface area contributed by atoms with Crippen LogP contribution in [0, 0.1) is 17.2 Å². The van der Waals surface area contributed by atoms with Gasteiger partial charge in [0, 0.05) is 0 Å². The van der Waals surface area contributed by atoms with Crippen molar-refractivity contribution in [3.8, 4) is 11.9 Å². The van der Waals surface area contributed by atoms with Gasteiger partial charge in [-0.2, -0.15) is 5.26 Å². The van der Waals surface area contributed by atoms with Crippen LogP contribution in [0.5, 0.6) is 5.88 Å². The minimum absolute atomic E-state index is 0.0629. The van der Waals surface area contributed by atoms with Crippen LogP contribution in [0.1, 0.15) is 23.1 Å². The highest BCUT2D eigenvalue weighted by Gasteiger charge is 2.33. The molecule has 0 bridgehead atoms. The average Bonchev–Trinajstić information content (AvgIpc) is 3.38. The maximum atomic E-state index is 12.4. The number of rotatable bonds is 6. The molecule has 3 aliphatic rings. The Labute approximate surface area is 185 Å². The molecule has 1 aromatic carbocycles. The number of aromatic nitrogens is 1. The first-order valence-corrected chi connectivity index (χ1v) is 10.7. The van der Waals surface area contributed by atoms with Gasteiger partial charge in [0.2, 0.25) is 5.88 Å². The molecule has 2 atom stereocenters. The fourth-order valence-corrected chi connectivity index (χ4v) is 4.55. The van der Waals surface area contributed by atoms with E-state index in [1.165, 1.54) is 16.0 Å². The van der Waals surface area contributed by atoms with Gasteiger partial charge >= 0.3 is 6.09 Å². The number of cyclic esters (lactones) is 1. The van der Waals surface area contributed by atoms with E-state index in [0.29, 0.717) is 36.1 Å². The van der Waals surface area contributed by atoms with E-state index in [1.54, 1.807) is 12.3 Å². The van der Waals surface area contributed by atoms with Gasteiger partial charge in [0.1, 0.15) is 11.8 Å². The summed E-state index contributed by atoms with van der Waals surface area (Å²) in [7, 11) is 0. The number of nitrogens with zero attached hydrogens (tertiary/aromatic N) is 3. The molecule has 2 amide bonds. The number of nitrogens with one attached hydrogen (secondary N) is 2.